The smallest absolute Gasteiger partial charge is 0.247 e. The maximum absolute atomic E-state index is 12.4. The molecule has 1 aromatic heterocycles. The Hall–Kier alpha value is -1.41. The van der Waals surface area contributed by atoms with Crippen LogP contribution in [-0.4, -0.2) is 57.0 Å². The summed E-state index contributed by atoms with van der Waals surface area (Å²) in [6, 6.07) is -0.716. The largest absolute Gasteiger partial charge is 0.394 e. The molecular formula is C26H46N4O3S. The number of aliphatic hydroxyl groups is 1. The molecule has 0 spiro atoms. The first-order chi connectivity index (χ1) is 16.7. The van der Waals surface area contributed by atoms with Crippen molar-refractivity contribution in [3.63, 3.8) is 0 Å². The molecule has 1 aliphatic rings. The Morgan fingerprint density at radius 1 is 1.06 bits per heavy atom. The Kier molecular flexibility index (Phi) is 15.2. The van der Waals surface area contributed by atoms with Crippen LogP contribution in [0.5, 0.6) is 0 Å². The Bertz CT molecular complexity index is 691. The fourth-order valence-corrected chi connectivity index (χ4v) is 5.14. The van der Waals surface area contributed by atoms with Crippen LogP contribution in [0.3, 0.4) is 0 Å². The van der Waals surface area contributed by atoms with Gasteiger partial charge in [-0.05, 0) is 50.5 Å². The molecule has 0 unspecified atom stereocenters. The molecule has 2 rings (SSSR count). The second-order valence-electron chi connectivity index (χ2n) is 9.66. The zero-order valence-corrected chi connectivity index (χ0v) is 22.0. The molecule has 8 heteroatoms. The summed E-state index contributed by atoms with van der Waals surface area (Å²) >= 11 is 1.80. The van der Waals surface area contributed by atoms with E-state index in [9.17, 15) is 14.7 Å². The van der Waals surface area contributed by atoms with Crippen LogP contribution in [0.2, 0.25) is 0 Å². The van der Waals surface area contributed by atoms with E-state index in [1.807, 2.05) is 0 Å². The highest BCUT2D eigenvalue weighted by Gasteiger charge is 2.21. The maximum Gasteiger partial charge on any atom is 0.247 e. The van der Waals surface area contributed by atoms with Gasteiger partial charge in [-0.25, -0.2) is 4.68 Å². The number of carbonyl (C=O) groups excluding carboxylic acids is 2. The molecule has 0 bridgehead atoms. The monoisotopic (exact) mass is 494 g/mol. The molecular weight excluding hydrogens is 448 g/mol. The van der Waals surface area contributed by atoms with Crippen molar-refractivity contribution in [3.8, 4) is 0 Å². The second-order valence-corrected chi connectivity index (χ2v) is 10.6. The van der Waals surface area contributed by atoms with Gasteiger partial charge < -0.3 is 10.4 Å². The molecule has 1 amide bonds. The van der Waals surface area contributed by atoms with Crippen molar-refractivity contribution in [1.29, 1.82) is 0 Å². The highest BCUT2D eigenvalue weighted by molar-refractivity contribution is 7.98. The predicted molar refractivity (Wildman–Crippen MR) is 139 cm³/mol. The van der Waals surface area contributed by atoms with Gasteiger partial charge in [0.2, 0.25) is 5.91 Å². The number of Topliss-reactive ketones (excluding diaryl/α,β-unsaturated/α-hetero) is 1. The normalized spacial score (nSPS) is 15.4. The minimum absolute atomic E-state index is 0.203. The molecule has 1 aliphatic carbocycles. The van der Waals surface area contributed by atoms with Gasteiger partial charge in [0.15, 0.2) is 6.04 Å². The highest BCUT2D eigenvalue weighted by Crippen LogP contribution is 2.26. The number of nitrogens with one attached hydrogen (secondary N) is 1. The topological polar surface area (TPSA) is 97.1 Å². The number of ketones is 1. The van der Waals surface area contributed by atoms with Crippen LogP contribution in [0, 0.1) is 5.92 Å². The number of hydrogen-bond acceptors (Lipinski definition) is 6. The summed E-state index contributed by atoms with van der Waals surface area (Å²) in [5.41, 5.74) is 0.858. The lowest BCUT2D eigenvalue weighted by Gasteiger charge is -2.20. The van der Waals surface area contributed by atoms with E-state index in [0.717, 1.165) is 62.8 Å². The molecule has 2 N–H and O–H groups in total. The third-order valence-electron chi connectivity index (χ3n) is 6.84. The van der Waals surface area contributed by atoms with Crippen molar-refractivity contribution >= 4 is 23.5 Å². The van der Waals surface area contributed by atoms with Crippen LogP contribution in [0.25, 0.3) is 0 Å². The van der Waals surface area contributed by atoms with Crippen LogP contribution in [0.4, 0.5) is 0 Å². The minimum atomic E-state index is -0.716. The van der Waals surface area contributed by atoms with Crippen LogP contribution in [0.1, 0.15) is 108 Å². The number of thioether (sulfide) groups is 1. The molecule has 1 atom stereocenters. The fourth-order valence-electron chi connectivity index (χ4n) is 4.71. The molecule has 1 heterocycles. The molecule has 0 aromatic carbocycles. The number of aliphatic hydroxyl groups excluding tert-OH is 1. The van der Waals surface area contributed by atoms with Crippen molar-refractivity contribution in [3.05, 3.63) is 11.9 Å². The van der Waals surface area contributed by atoms with Crippen LogP contribution < -0.4 is 5.32 Å². The van der Waals surface area contributed by atoms with Crippen LogP contribution >= 0.6 is 11.8 Å². The third-order valence-corrected chi connectivity index (χ3v) is 7.54. The highest BCUT2D eigenvalue weighted by atomic mass is 32.2. The maximum atomic E-state index is 12.4. The number of unbranched alkanes of at least 4 members (excludes halogenated alkanes) is 7. The van der Waals surface area contributed by atoms with E-state index in [4.69, 9.17) is 0 Å². The Labute approximate surface area is 210 Å². The van der Waals surface area contributed by atoms with Crippen molar-refractivity contribution in [2.45, 2.75) is 109 Å². The number of rotatable bonds is 19. The van der Waals surface area contributed by atoms with Gasteiger partial charge in [-0.1, -0.05) is 63.0 Å². The zero-order chi connectivity index (χ0) is 24.4. The Balaban J connectivity index is 1.45. The number of nitrogens with zero attached hydrogens (tertiary/aromatic N) is 3. The molecule has 1 saturated carbocycles. The standard InChI is InChI=1S/C26H46N4O3S/c1-34-19-13-16-23-20-30(29-28-23)24(21-31)26(33)27-18-12-7-5-3-2-4-6-11-17-25(32)22-14-9-8-10-15-22/h20,22,24,31H,2-19,21H2,1H3,(H,27,33)/t24-/m0/s1. The molecule has 1 aromatic rings. The average Bonchev–Trinajstić information content (AvgIpc) is 3.32. The van der Waals surface area contributed by atoms with E-state index in [0.29, 0.717) is 18.2 Å². The van der Waals surface area contributed by atoms with Gasteiger partial charge in [0.25, 0.3) is 0 Å². The number of aryl methyl sites for hydroxylation is 1. The van der Waals surface area contributed by atoms with E-state index in [2.05, 4.69) is 21.9 Å². The van der Waals surface area contributed by atoms with Gasteiger partial charge in [-0.15, -0.1) is 5.10 Å². The molecule has 7 nitrogen and oxygen atoms in total. The van der Waals surface area contributed by atoms with Crippen molar-refractivity contribution in [2.75, 3.05) is 25.2 Å². The number of aromatic nitrogens is 3. The van der Waals surface area contributed by atoms with E-state index < -0.39 is 6.04 Å². The van der Waals surface area contributed by atoms with Crippen LogP contribution in [-0.2, 0) is 16.0 Å². The number of carbonyl (C=O) groups is 2. The lowest BCUT2D eigenvalue weighted by atomic mass is 9.84. The van der Waals surface area contributed by atoms with Gasteiger partial charge in [0.1, 0.15) is 5.78 Å². The fraction of sp³-hybridized carbons (Fsp3) is 0.846. The molecule has 194 valence electrons. The Morgan fingerprint density at radius 3 is 2.41 bits per heavy atom. The third kappa shape index (κ3) is 11.3. The molecule has 1 fully saturated rings. The lowest BCUT2D eigenvalue weighted by molar-refractivity contribution is -0.126. The minimum Gasteiger partial charge on any atom is -0.394 e. The van der Waals surface area contributed by atoms with Crippen molar-refractivity contribution < 1.29 is 14.7 Å². The number of hydrogen-bond donors (Lipinski definition) is 2. The predicted octanol–water partition coefficient (Wildman–Crippen LogP) is 4.88. The number of amides is 1. The molecule has 0 radical (unpaired) electrons. The summed E-state index contributed by atoms with van der Waals surface area (Å²) in [6.07, 6.45) is 21.6. The zero-order valence-electron chi connectivity index (χ0n) is 21.2. The first-order valence-electron chi connectivity index (χ1n) is 13.5. The SMILES string of the molecule is CSCCCc1cn([C@@H](CO)C(=O)NCCCCCCCCCCC(=O)C2CCCCC2)nn1. The first-order valence-corrected chi connectivity index (χ1v) is 14.9. The summed E-state index contributed by atoms with van der Waals surface area (Å²) in [6.45, 7) is 0.333. The summed E-state index contributed by atoms with van der Waals surface area (Å²) in [4.78, 5) is 24.7. The van der Waals surface area contributed by atoms with Gasteiger partial charge >= 0.3 is 0 Å². The average molecular weight is 495 g/mol. The quantitative estimate of drug-likeness (QED) is 0.266. The molecule has 0 saturated heterocycles. The Morgan fingerprint density at radius 2 is 1.74 bits per heavy atom. The van der Waals surface area contributed by atoms with Gasteiger partial charge in [-0.3, -0.25) is 9.59 Å². The van der Waals surface area contributed by atoms with E-state index in [-0.39, 0.29) is 12.5 Å². The van der Waals surface area contributed by atoms with Crippen molar-refractivity contribution in [1.82, 2.24) is 20.3 Å². The summed E-state index contributed by atoms with van der Waals surface area (Å²) < 4.78 is 1.48. The van der Waals surface area contributed by atoms with E-state index >= 15 is 0 Å². The van der Waals surface area contributed by atoms with E-state index in [1.54, 1.807) is 18.0 Å². The summed E-state index contributed by atoms with van der Waals surface area (Å²) in [7, 11) is 0. The van der Waals surface area contributed by atoms with Gasteiger partial charge in [-0.2, -0.15) is 11.8 Å². The second kappa shape index (κ2) is 17.9. The first kappa shape index (κ1) is 28.8. The molecule has 0 aliphatic heterocycles. The molecule has 34 heavy (non-hydrogen) atoms. The van der Waals surface area contributed by atoms with Crippen LogP contribution in [0.15, 0.2) is 6.20 Å². The summed E-state index contributed by atoms with van der Waals surface area (Å²) in [5.74, 6) is 1.75. The van der Waals surface area contributed by atoms with Gasteiger partial charge in [0.05, 0.1) is 12.3 Å². The lowest BCUT2D eigenvalue weighted by Crippen LogP contribution is -2.35. The van der Waals surface area contributed by atoms with E-state index in [1.165, 1.54) is 56.0 Å². The van der Waals surface area contributed by atoms with Crippen molar-refractivity contribution in [2.24, 2.45) is 5.92 Å². The van der Waals surface area contributed by atoms with Gasteiger partial charge in [0, 0.05) is 25.1 Å². The summed E-state index contributed by atoms with van der Waals surface area (Å²) in [5, 5.41) is 20.7.